The summed E-state index contributed by atoms with van der Waals surface area (Å²) in [6.07, 6.45) is 1.27. The molecule has 1 aromatic rings. The minimum Gasteiger partial charge on any atom is -0.349 e. The molecule has 1 aliphatic heterocycles. The summed E-state index contributed by atoms with van der Waals surface area (Å²) in [6.45, 7) is 0.388. The third-order valence-electron chi connectivity index (χ3n) is 2.08. The molecule has 1 saturated heterocycles. The summed E-state index contributed by atoms with van der Waals surface area (Å²) in [6, 6.07) is 1.47. The molecule has 1 aromatic heterocycles. The fraction of sp³-hybridized carbons (Fsp3) is 0.250. The molecule has 1 fully saturated rings. The van der Waals surface area contributed by atoms with Gasteiger partial charge in [-0.2, -0.15) is 11.1 Å². The zero-order chi connectivity index (χ0) is 12.3. The molecule has 0 radical (unpaired) electrons. The van der Waals surface area contributed by atoms with E-state index in [-0.39, 0.29) is 22.2 Å². The lowest BCUT2D eigenvalue weighted by molar-refractivity contribution is 0.0948. The van der Waals surface area contributed by atoms with Gasteiger partial charge in [0.25, 0.3) is 5.91 Å². The molecule has 0 aromatic carbocycles. The lowest BCUT2D eigenvalue weighted by Gasteiger charge is -2.10. The second kappa shape index (κ2) is 5.58. The van der Waals surface area contributed by atoms with Crippen molar-refractivity contribution in [3.63, 3.8) is 0 Å². The molecular formula is C8H10Cl2N6O. The Morgan fingerprint density at radius 3 is 2.76 bits per heavy atom. The van der Waals surface area contributed by atoms with Crippen LogP contribution in [-0.4, -0.2) is 23.6 Å². The van der Waals surface area contributed by atoms with E-state index in [0.717, 1.165) is 0 Å². The molecule has 0 bridgehead atoms. The largest absolute Gasteiger partial charge is 0.349 e. The Bertz CT molecular complexity index is 422. The van der Waals surface area contributed by atoms with E-state index in [1.807, 2.05) is 0 Å². The number of nitrogens with one attached hydrogen (secondary N) is 5. The summed E-state index contributed by atoms with van der Waals surface area (Å²) in [4.78, 5) is 15.5. The fourth-order valence-electron chi connectivity index (χ4n) is 1.23. The van der Waals surface area contributed by atoms with Crippen molar-refractivity contribution in [3.8, 4) is 0 Å². The number of hydrazine groups is 3. The first-order chi connectivity index (χ1) is 8.16. The zero-order valence-corrected chi connectivity index (χ0v) is 10.1. The Kier molecular flexibility index (Phi) is 4.11. The lowest BCUT2D eigenvalue weighted by atomic mass is 10.2. The number of rotatable bonds is 3. The molecule has 0 saturated carbocycles. The first-order valence-corrected chi connectivity index (χ1v) is 5.53. The number of aromatic nitrogens is 1. The molecule has 5 N–H and O–H groups in total. The topological polar surface area (TPSA) is 90.1 Å². The third kappa shape index (κ3) is 3.25. The van der Waals surface area contributed by atoms with Crippen LogP contribution < -0.4 is 27.2 Å². The molecule has 9 heteroatoms. The second-order valence-electron chi connectivity index (χ2n) is 3.30. The van der Waals surface area contributed by atoms with Crippen LogP contribution in [0.5, 0.6) is 0 Å². The fourth-order valence-corrected chi connectivity index (χ4v) is 1.50. The Morgan fingerprint density at radius 1 is 1.41 bits per heavy atom. The number of amides is 1. The number of nitrogens with zero attached hydrogens (tertiary/aromatic N) is 1. The Hall–Kier alpha value is -0.960. The Morgan fingerprint density at radius 2 is 2.12 bits per heavy atom. The Balaban J connectivity index is 1.92. The number of hydrogen-bond acceptors (Lipinski definition) is 6. The molecule has 1 amide bonds. The van der Waals surface area contributed by atoms with Gasteiger partial charge in [-0.05, 0) is 6.07 Å². The van der Waals surface area contributed by atoms with E-state index in [1.165, 1.54) is 12.3 Å². The molecule has 0 aliphatic carbocycles. The van der Waals surface area contributed by atoms with Gasteiger partial charge in [0.1, 0.15) is 11.3 Å². The van der Waals surface area contributed by atoms with E-state index in [4.69, 9.17) is 23.2 Å². The SMILES string of the molecule is O=C(NCC1NNNN1)c1cnc(Cl)c(Cl)c1. The van der Waals surface area contributed by atoms with Crippen LogP contribution in [0.15, 0.2) is 12.3 Å². The number of carbonyl (C=O) groups is 1. The maximum absolute atomic E-state index is 11.7. The lowest BCUT2D eigenvalue weighted by Crippen LogP contribution is -2.44. The number of halogens is 2. The van der Waals surface area contributed by atoms with Gasteiger partial charge in [-0.3, -0.25) is 4.79 Å². The molecule has 92 valence electrons. The van der Waals surface area contributed by atoms with Crippen LogP contribution in [0.4, 0.5) is 0 Å². The second-order valence-corrected chi connectivity index (χ2v) is 4.06. The number of hydrogen-bond donors (Lipinski definition) is 5. The minimum absolute atomic E-state index is 0.102. The van der Waals surface area contributed by atoms with E-state index >= 15 is 0 Å². The van der Waals surface area contributed by atoms with E-state index in [0.29, 0.717) is 12.1 Å². The van der Waals surface area contributed by atoms with E-state index < -0.39 is 0 Å². The first kappa shape index (κ1) is 12.5. The van der Waals surface area contributed by atoms with Crippen molar-refractivity contribution < 1.29 is 4.79 Å². The summed E-state index contributed by atoms with van der Waals surface area (Å²) < 4.78 is 0. The zero-order valence-electron chi connectivity index (χ0n) is 8.55. The van der Waals surface area contributed by atoms with Crippen molar-refractivity contribution in [2.75, 3.05) is 6.54 Å². The Labute approximate surface area is 107 Å². The van der Waals surface area contributed by atoms with Crippen molar-refractivity contribution in [1.29, 1.82) is 0 Å². The predicted octanol–water partition coefficient (Wildman–Crippen LogP) is -0.439. The highest BCUT2D eigenvalue weighted by Gasteiger charge is 2.14. The number of carbonyl (C=O) groups excluding carboxylic acids is 1. The van der Waals surface area contributed by atoms with Crippen LogP contribution in [-0.2, 0) is 0 Å². The molecular weight excluding hydrogens is 267 g/mol. The summed E-state index contributed by atoms with van der Waals surface area (Å²) in [5.41, 5.74) is 11.3. The van der Waals surface area contributed by atoms with Crippen LogP contribution >= 0.6 is 23.2 Å². The van der Waals surface area contributed by atoms with Gasteiger partial charge < -0.3 is 5.32 Å². The van der Waals surface area contributed by atoms with Gasteiger partial charge in [-0.1, -0.05) is 23.2 Å². The molecule has 0 unspecified atom stereocenters. The van der Waals surface area contributed by atoms with Gasteiger partial charge in [0.2, 0.25) is 0 Å². The van der Waals surface area contributed by atoms with Crippen LogP contribution in [0, 0.1) is 0 Å². The van der Waals surface area contributed by atoms with Crippen LogP contribution in [0.25, 0.3) is 0 Å². The van der Waals surface area contributed by atoms with Crippen LogP contribution in [0.3, 0.4) is 0 Å². The average molecular weight is 277 g/mol. The van der Waals surface area contributed by atoms with Gasteiger partial charge in [-0.15, -0.1) is 0 Å². The summed E-state index contributed by atoms with van der Waals surface area (Å²) in [5.74, 6) is -0.272. The van der Waals surface area contributed by atoms with Gasteiger partial charge >= 0.3 is 0 Å². The average Bonchev–Trinajstić information content (AvgIpc) is 2.82. The summed E-state index contributed by atoms with van der Waals surface area (Å²) >= 11 is 11.4. The highest BCUT2D eigenvalue weighted by Crippen LogP contribution is 2.19. The predicted molar refractivity (Wildman–Crippen MR) is 62.9 cm³/mol. The van der Waals surface area contributed by atoms with Crippen LogP contribution in [0.2, 0.25) is 10.2 Å². The van der Waals surface area contributed by atoms with E-state index in [1.54, 1.807) is 0 Å². The molecule has 1 aliphatic rings. The van der Waals surface area contributed by atoms with Crippen molar-refractivity contribution in [1.82, 2.24) is 32.2 Å². The normalized spacial score (nSPS) is 16.1. The quantitative estimate of drug-likeness (QED) is 0.481. The summed E-state index contributed by atoms with van der Waals surface area (Å²) in [5, 5.41) is 3.13. The highest BCUT2D eigenvalue weighted by molar-refractivity contribution is 6.41. The van der Waals surface area contributed by atoms with Crippen molar-refractivity contribution in [2.45, 2.75) is 6.17 Å². The highest BCUT2D eigenvalue weighted by atomic mass is 35.5. The third-order valence-corrected chi connectivity index (χ3v) is 2.77. The van der Waals surface area contributed by atoms with Gasteiger partial charge in [0.15, 0.2) is 0 Å². The molecule has 2 rings (SSSR count). The van der Waals surface area contributed by atoms with E-state index in [9.17, 15) is 4.79 Å². The monoisotopic (exact) mass is 276 g/mol. The minimum atomic E-state index is -0.272. The van der Waals surface area contributed by atoms with Crippen molar-refractivity contribution in [2.24, 2.45) is 0 Å². The van der Waals surface area contributed by atoms with Gasteiger partial charge in [0.05, 0.1) is 10.6 Å². The molecule has 17 heavy (non-hydrogen) atoms. The maximum atomic E-state index is 11.7. The van der Waals surface area contributed by atoms with Crippen molar-refractivity contribution in [3.05, 3.63) is 28.0 Å². The summed E-state index contributed by atoms with van der Waals surface area (Å²) in [7, 11) is 0. The number of pyridine rings is 1. The maximum Gasteiger partial charge on any atom is 0.253 e. The smallest absolute Gasteiger partial charge is 0.253 e. The standard InChI is InChI=1S/C8H10Cl2N6O/c9-5-1-4(2-11-7(5)10)8(17)12-3-6-13-15-16-14-6/h1-2,6,13-16H,3H2,(H,12,17). The molecule has 7 nitrogen and oxygen atoms in total. The molecule has 0 atom stereocenters. The van der Waals surface area contributed by atoms with Crippen LogP contribution in [0.1, 0.15) is 10.4 Å². The molecule has 0 spiro atoms. The van der Waals surface area contributed by atoms with Gasteiger partial charge in [0, 0.05) is 12.7 Å². The molecule has 2 heterocycles. The van der Waals surface area contributed by atoms with Gasteiger partial charge in [-0.25, -0.2) is 15.8 Å². The van der Waals surface area contributed by atoms with E-state index in [2.05, 4.69) is 32.2 Å². The van der Waals surface area contributed by atoms with Crippen molar-refractivity contribution >= 4 is 29.1 Å². The first-order valence-electron chi connectivity index (χ1n) is 4.77.